The third kappa shape index (κ3) is 4.70. The monoisotopic (exact) mass is 371 g/mol. The Kier molecular flexibility index (Phi) is 6.20. The number of ether oxygens (including phenoxy) is 1. The van der Waals surface area contributed by atoms with Crippen molar-refractivity contribution in [2.75, 3.05) is 19.7 Å². The van der Waals surface area contributed by atoms with Crippen LogP contribution in [-0.2, 0) is 17.7 Å². The summed E-state index contributed by atoms with van der Waals surface area (Å²) in [6.07, 6.45) is 1.22. The molecule has 1 saturated heterocycles. The van der Waals surface area contributed by atoms with Gasteiger partial charge in [0.05, 0.1) is 12.7 Å². The molecule has 144 valence electrons. The minimum absolute atomic E-state index is 0.208. The Balaban J connectivity index is 1.54. The maximum atomic E-state index is 6.33. The second-order valence-electron chi connectivity index (χ2n) is 7.78. The lowest BCUT2D eigenvalue weighted by Crippen LogP contribution is -2.45. The molecule has 0 aliphatic carbocycles. The molecule has 3 aromatic carbocycles. The molecule has 0 aromatic heterocycles. The number of hydrogen-bond acceptors (Lipinski definition) is 2. The summed E-state index contributed by atoms with van der Waals surface area (Å²) in [5.41, 5.74) is 5.52. The van der Waals surface area contributed by atoms with Crippen LogP contribution in [0.4, 0.5) is 0 Å². The van der Waals surface area contributed by atoms with E-state index in [0.29, 0.717) is 5.92 Å². The van der Waals surface area contributed by atoms with Crippen LogP contribution in [0.2, 0.25) is 0 Å². The molecule has 1 aliphatic heterocycles. The van der Waals surface area contributed by atoms with Gasteiger partial charge in [-0.25, -0.2) is 0 Å². The van der Waals surface area contributed by atoms with E-state index in [0.717, 1.165) is 32.7 Å². The second-order valence-corrected chi connectivity index (χ2v) is 7.78. The molecule has 1 fully saturated rings. The lowest BCUT2D eigenvalue weighted by atomic mass is 9.85. The van der Waals surface area contributed by atoms with Gasteiger partial charge in [-0.1, -0.05) is 84.9 Å². The first-order chi connectivity index (χ1) is 13.8. The zero-order valence-electron chi connectivity index (χ0n) is 16.6. The lowest BCUT2D eigenvalue weighted by Gasteiger charge is -2.37. The van der Waals surface area contributed by atoms with Crippen LogP contribution in [-0.4, -0.2) is 30.7 Å². The fraction of sp³-hybridized carbons (Fsp3) is 0.308. The Morgan fingerprint density at radius 2 is 1.57 bits per heavy atom. The lowest BCUT2D eigenvalue weighted by molar-refractivity contribution is -0.0445. The molecule has 0 N–H and O–H groups in total. The van der Waals surface area contributed by atoms with Crippen molar-refractivity contribution < 1.29 is 4.74 Å². The third-order valence-electron chi connectivity index (χ3n) is 5.80. The van der Waals surface area contributed by atoms with Crippen molar-refractivity contribution in [1.29, 1.82) is 0 Å². The Hall–Kier alpha value is -2.42. The van der Waals surface area contributed by atoms with Gasteiger partial charge in [-0.05, 0) is 35.6 Å². The van der Waals surface area contributed by atoms with Gasteiger partial charge in [0.15, 0.2) is 0 Å². The first-order valence-electron chi connectivity index (χ1n) is 10.3. The highest BCUT2D eigenvalue weighted by molar-refractivity contribution is 5.30. The summed E-state index contributed by atoms with van der Waals surface area (Å²) in [4.78, 5) is 2.54. The largest absolute Gasteiger partial charge is 0.375 e. The van der Waals surface area contributed by atoms with E-state index in [1.807, 2.05) is 0 Å². The second kappa shape index (κ2) is 9.18. The Labute approximate surface area is 168 Å². The van der Waals surface area contributed by atoms with Gasteiger partial charge in [-0.3, -0.25) is 4.90 Å². The molecule has 2 heteroatoms. The predicted octanol–water partition coefficient (Wildman–Crippen LogP) is 5.22. The van der Waals surface area contributed by atoms with Crippen LogP contribution in [0.25, 0.3) is 0 Å². The average Bonchev–Trinajstić information content (AvgIpc) is 2.75. The quantitative estimate of drug-likeness (QED) is 0.589. The highest BCUT2D eigenvalue weighted by atomic mass is 16.5. The summed E-state index contributed by atoms with van der Waals surface area (Å²) >= 11 is 0. The molecule has 1 heterocycles. The van der Waals surface area contributed by atoms with Crippen LogP contribution < -0.4 is 0 Å². The maximum absolute atomic E-state index is 6.33. The Morgan fingerprint density at radius 1 is 0.893 bits per heavy atom. The molecule has 4 rings (SSSR count). The molecule has 28 heavy (non-hydrogen) atoms. The van der Waals surface area contributed by atoms with Gasteiger partial charge in [0.1, 0.15) is 0 Å². The van der Waals surface area contributed by atoms with Gasteiger partial charge < -0.3 is 4.74 Å². The van der Waals surface area contributed by atoms with E-state index in [1.165, 1.54) is 22.3 Å². The van der Waals surface area contributed by atoms with Crippen molar-refractivity contribution in [1.82, 2.24) is 4.90 Å². The van der Waals surface area contributed by atoms with E-state index in [1.54, 1.807) is 0 Å². The van der Waals surface area contributed by atoms with Crippen LogP contribution >= 0.6 is 0 Å². The molecule has 0 spiro atoms. The van der Waals surface area contributed by atoms with Crippen LogP contribution in [0, 0.1) is 6.92 Å². The molecule has 2 atom stereocenters. The molecule has 3 aromatic rings. The number of rotatable bonds is 6. The molecule has 1 aliphatic rings. The number of aryl methyl sites for hydroxylation is 1. The van der Waals surface area contributed by atoms with Gasteiger partial charge in [-0.15, -0.1) is 0 Å². The van der Waals surface area contributed by atoms with Gasteiger partial charge in [0.2, 0.25) is 0 Å². The van der Waals surface area contributed by atoms with Crippen molar-refractivity contribution in [2.45, 2.75) is 31.9 Å². The zero-order valence-corrected chi connectivity index (χ0v) is 16.6. The molecule has 0 bridgehead atoms. The number of benzene rings is 3. The summed E-state index contributed by atoms with van der Waals surface area (Å²) < 4.78 is 6.33. The summed E-state index contributed by atoms with van der Waals surface area (Å²) in [6.45, 7) is 5.97. The summed E-state index contributed by atoms with van der Waals surface area (Å²) in [6, 6.07) is 30.4. The maximum Gasteiger partial charge on any atom is 0.0774 e. The van der Waals surface area contributed by atoms with Crippen molar-refractivity contribution in [2.24, 2.45) is 0 Å². The molecule has 0 amide bonds. The molecule has 0 radical (unpaired) electrons. The molecule has 0 saturated carbocycles. The Bertz CT molecular complexity index is 862. The third-order valence-corrected chi connectivity index (χ3v) is 5.80. The summed E-state index contributed by atoms with van der Waals surface area (Å²) in [5.74, 6) is 0.362. The van der Waals surface area contributed by atoms with Crippen LogP contribution in [0.3, 0.4) is 0 Å². The van der Waals surface area contributed by atoms with Gasteiger partial charge in [-0.2, -0.15) is 0 Å². The average molecular weight is 372 g/mol. The molecular weight excluding hydrogens is 342 g/mol. The topological polar surface area (TPSA) is 12.5 Å². The number of hydrogen-bond donors (Lipinski definition) is 0. The van der Waals surface area contributed by atoms with Gasteiger partial charge in [0.25, 0.3) is 0 Å². The standard InChI is InChI=1S/C26H29NO/c1-21-10-8-9-15-24(21)18-25(23-13-6-3-7-14-23)26-20-27(16-17-28-26)19-22-11-4-2-5-12-22/h2-15,25-26H,16-20H2,1H3/t25?,26-/m0/s1. The van der Waals surface area contributed by atoms with E-state index in [-0.39, 0.29) is 6.10 Å². The first-order valence-corrected chi connectivity index (χ1v) is 10.3. The highest BCUT2D eigenvalue weighted by Crippen LogP contribution is 2.30. The fourth-order valence-electron chi connectivity index (χ4n) is 4.20. The summed E-state index contributed by atoms with van der Waals surface area (Å²) in [5, 5.41) is 0. The van der Waals surface area contributed by atoms with Crippen LogP contribution in [0.15, 0.2) is 84.9 Å². The van der Waals surface area contributed by atoms with Crippen molar-refractivity contribution >= 4 is 0 Å². The number of nitrogens with zero attached hydrogens (tertiary/aromatic N) is 1. The number of morpholine rings is 1. The summed E-state index contributed by atoms with van der Waals surface area (Å²) in [7, 11) is 0. The minimum Gasteiger partial charge on any atom is -0.375 e. The van der Waals surface area contributed by atoms with E-state index in [4.69, 9.17) is 4.74 Å². The van der Waals surface area contributed by atoms with E-state index >= 15 is 0 Å². The van der Waals surface area contributed by atoms with Gasteiger partial charge >= 0.3 is 0 Å². The van der Waals surface area contributed by atoms with Crippen molar-refractivity contribution in [3.05, 3.63) is 107 Å². The van der Waals surface area contributed by atoms with Crippen LogP contribution in [0.1, 0.15) is 28.2 Å². The minimum atomic E-state index is 0.208. The van der Waals surface area contributed by atoms with E-state index in [2.05, 4.69) is 96.8 Å². The van der Waals surface area contributed by atoms with Crippen molar-refractivity contribution in [3.8, 4) is 0 Å². The normalized spacial score (nSPS) is 18.7. The van der Waals surface area contributed by atoms with Gasteiger partial charge in [0, 0.05) is 25.6 Å². The van der Waals surface area contributed by atoms with E-state index in [9.17, 15) is 0 Å². The molecule has 1 unspecified atom stereocenters. The molecule has 2 nitrogen and oxygen atoms in total. The van der Waals surface area contributed by atoms with Crippen molar-refractivity contribution in [3.63, 3.8) is 0 Å². The smallest absolute Gasteiger partial charge is 0.0774 e. The van der Waals surface area contributed by atoms with E-state index < -0.39 is 0 Å². The predicted molar refractivity (Wildman–Crippen MR) is 116 cm³/mol. The fourth-order valence-corrected chi connectivity index (χ4v) is 4.20. The zero-order chi connectivity index (χ0) is 19.2. The van der Waals surface area contributed by atoms with Crippen LogP contribution in [0.5, 0.6) is 0 Å². The Morgan fingerprint density at radius 3 is 2.32 bits per heavy atom. The molecular formula is C26H29NO. The highest BCUT2D eigenvalue weighted by Gasteiger charge is 2.29. The first kappa shape index (κ1) is 18.9. The SMILES string of the molecule is Cc1ccccc1CC(c1ccccc1)[C@@H]1CN(Cc2ccccc2)CCO1.